The highest BCUT2D eigenvalue weighted by molar-refractivity contribution is 5.94. The lowest BCUT2D eigenvalue weighted by atomic mass is 10.0. The van der Waals surface area contributed by atoms with Gasteiger partial charge in [-0.2, -0.15) is 0 Å². The Morgan fingerprint density at radius 3 is 2.27 bits per heavy atom. The minimum absolute atomic E-state index is 0.0513. The summed E-state index contributed by atoms with van der Waals surface area (Å²) in [5.41, 5.74) is 13.5. The summed E-state index contributed by atoms with van der Waals surface area (Å²) in [6, 6.07) is 3.80. The second-order valence-electron chi connectivity index (χ2n) is 9.77. The average Bonchev–Trinajstić information content (AvgIpc) is 3.25. The number of carboxylic acid groups (broad SMARTS) is 1. The number of hydrogen-bond acceptors (Lipinski definition) is 6. The molecule has 0 bridgehead atoms. The van der Waals surface area contributed by atoms with Crippen LogP contribution in [0.3, 0.4) is 0 Å². The molecule has 1 aromatic heterocycles. The van der Waals surface area contributed by atoms with Crippen LogP contribution in [0.1, 0.15) is 52.0 Å². The molecule has 0 fully saturated rings. The fourth-order valence-corrected chi connectivity index (χ4v) is 4.04. The van der Waals surface area contributed by atoms with Gasteiger partial charge in [0.1, 0.15) is 18.1 Å². The molecule has 3 amide bonds. The molecule has 0 saturated carbocycles. The van der Waals surface area contributed by atoms with Crippen molar-refractivity contribution in [1.82, 2.24) is 20.9 Å². The fourth-order valence-electron chi connectivity index (χ4n) is 4.04. The van der Waals surface area contributed by atoms with Gasteiger partial charge in [0, 0.05) is 17.1 Å². The maximum absolute atomic E-state index is 12.9. The first-order chi connectivity index (χ1) is 17.5. The normalized spacial score (nSPS) is 14.5. The Labute approximate surface area is 217 Å². The summed E-state index contributed by atoms with van der Waals surface area (Å²) in [7, 11) is 0. The van der Waals surface area contributed by atoms with Crippen LogP contribution in [0.25, 0.3) is 10.9 Å². The number of aliphatic carboxylic acids is 1. The number of nitrogens with one attached hydrogen (secondary N) is 4. The van der Waals surface area contributed by atoms with E-state index in [1.165, 1.54) is 6.92 Å². The molecule has 4 unspecified atom stereocenters. The number of rotatable bonds is 15. The number of fused-ring (bicyclic) bond motifs is 1. The summed E-state index contributed by atoms with van der Waals surface area (Å²) in [6.45, 7) is 5.64. The third-order valence-electron chi connectivity index (χ3n) is 6.11. The first-order valence-electron chi connectivity index (χ1n) is 12.7. The number of nitrogens with two attached hydrogens (primary N) is 2. The van der Waals surface area contributed by atoms with E-state index in [0.29, 0.717) is 19.4 Å². The predicted octanol–water partition coefficient (Wildman–Crippen LogP) is 0.772. The van der Waals surface area contributed by atoms with E-state index in [2.05, 4.69) is 20.9 Å². The zero-order valence-corrected chi connectivity index (χ0v) is 21.8. The lowest BCUT2D eigenvalue weighted by Gasteiger charge is -2.24. The van der Waals surface area contributed by atoms with Crippen molar-refractivity contribution >= 4 is 34.6 Å². The molecule has 0 saturated heterocycles. The smallest absolute Gasteiger partial charge is 0.326 e. The number of unbranched alkanes of at least 4 members (excludes halogenated alkanes) is 1. The van der Waals surface area contributed by atoms with E-state index >= 15 is 0 Å². The monoisotopic (exact) mass is 516 g/mol. The van der Waals surface area contributed by atoms with Crippen LogP contribution < -0.4 is 27.4 Å². The molecule has 9 N–H and O–H groups in total. The van der Waals surface area contributed by atoms with E-state index in [4.69, 9.17) is 11.5 Å². The number of H-pyrrole nitrogens is 1. The number of carboxylic acids is 1. The van der Waals surface area contributed by atoms with E-state index in [-0.39, 0.29) is 25.2 Å². The summed E-state index contributed by atoms with van der Waals surface area (Å²) in [4.78, 5) is 53.1. The maximum atomic E-state index is 12.9. The van der Waals surface area contributed by atoms with E-state index < -0.39 is 47.9 Å². The Morgan fingerprint density at radius 1 is 0.946 bits per heavy atom. The molecule has 11 heteroatoms. The molecule has 1 heterocycles. The highest BCUT2D eigenvalue weighted by Gasteiger charge is 2.29. The van der Waals surface area contributed by atoms with Crippen LogP contribution in [-0.4, -0.2) is 64.5 Å². The van der Waals surface area contributed by atoms with Crippen molar-refractivity contribution in [2.45, 2.75) is 77.0 Å². The molecule has 1 aromatic carbocycles. The van der Waals surface area contributed by atoms with Crippen LogP contribution in [0.2, 0.25) is 0 Å². The minimum Gasteiger partial charge on any atom is -0.480 e. The van der Waals surface area contributed by atoms with E-state index in [1.54, 1.807) is 0 Å². The molecular weight excluding hydrogens is 476 g/mol. The Bertz CT molecular complexity index is 1070. The quantitative estimate of drug-likeness (QED) is 0.170. The highest BCUT2D eigenvalue weighted by atomic mass is 16.4. The van der Waals surface area contributed by atoms with Gasteiger partial charge in [0.2, 0.25) is 17.7 Å². The van der Waals surface area contributed by atoms with Crippen LogP contribution >= 0.6 is 0 Å². The summed E-state index contributed by atoms with van der Waals surface area (Å²) in [5, 5.41) is 18.2. The van der Waals surface area contributed by atoms with Crippen LogP contribution in [0.4, 0.5) is 0 Å². The number of aromatic amines is 1. The van der Waals surface area contributed by atoms with Crippen molar-refractivity contribution in [1.29, 1.82) is 0 Å². The Kier molecular flexibility index (Phi) is 11.5. The van der Waals surface area contributed by atoms with Gasteiger partial charge in [-0.05, 0) is 63.1 Å². The van der Waals surface area contributed by atoms with Gasteiger partial charge < -0.3 is 37.5 Å². The van der Waals surface area contributed by atoms with Crippen LogP contribution in [0.5, 0.6) is 0 Å². The zero-order valence-electron chi connectivity index (χ0n) is 21.8. The van der Waals surface area contributed by atoms with E-state index in [9.17, 15) is 24.3 Å². The van der Waals surface area contributed by atoms with Gasteiger partial charge in [-0.25, -0.2) is 4.79 Å². The van der Waals surface area contributed by atoms with Crippen LogP contribution in [0.15, 0.2) is 30.5 Å². The summed E-state index contributed by atoms with van der Waals surface area (Å²) in [6.07, 6.45) is 3.83. The van der Waals surface area contributed by atoms with Crippen molar-refractivity contribution in [2.75, 3.05) is 6.54 Å². The molecule has 2 aromatic rings. The number of carbonyl (C=O) groups is 4. The lowest BCUT2D eigenvalue weighted by Crippen LogP contribution is -2.56. The number of hydrogen-bond donors (Lipinski definition) is 7. The van der Waals surface area contributed by atoms with Gasteiger partial charge in [-0.3, -0.25) is 14.4 Å². The first-order valence-corrected chi connectivity index (χ1v) is 12.7. The van der Waals surface area contributed by atoms with Crippen molar-refractivity contribution in [3.05, 3.63) is 36.0 Å². The second kappa shape index (κ2) is 14.3. The molecule has 0 aliphatic heterocycles. The minimum atomic E-state index is -1.14. The molecule has 11 nitrogen and oxygen atoms in total. The van der Waals surface area contributed by atoms with Crippen molar-refractivity contribution < 1.29 is 24.3 Å². The van der Waals surface area contributed by atoms with Gasteiger partial charge >= 0.3 is 5.97 Å². The maximum Gasteiger partial charge on any atom is 0.326 e. The average molecular weight is 517 g/mol. The number of benzene rings is 1. The molecule has 0 aliphatic rings. The molecule has 204 valence electrons. The predicted molar refractivity (Wildman–Crippen MR) is 141 cm³/mol. The summed E-state index contributed by atoms with van der Waals surface area (Å²) >= 11 is 0. The zero-order chi connectivity index (χ0) is 27.5. The number of aromatic nitrogens is 1. The van der Waals surface area contributed by atoms with Crippen LogP contribution in [0, 0.1) is 5.92 Å². The standard InChI is InChI=1S/C26H40N6O5/c1-15(2)12-22(26(36)37)32-25(35)21(10-6-7-11-27)31-23(33)16(3)30-24(34)19(28)13-17-14-29-20-9-5-4-8-18(17)20/h4-5,8-9,14-16,19,21-22,29H,6-7,10-13,27-28H2,1-3H3,(H,30,34)(H,31,33)(H,32,35)(H,36,37). The lowest BCUT2D eigenvalue weighted by molar-refractivity contribution is -0.142. The van der Waals surface area contributed by atoms with Crippen molar-refractivity contribution in [2.24, 2.45) is 17.4 Å². The van der Waals surface area contributed by atoms with Crippen LogP contribution in [-0.2, 0) is 25.6 Å². The largest absolute Gasteiger partial charge is 0.480 e. The van der Waals surface area contributed by atoms with E-state index in [0.717, 1.165) is 16.5 Å². The van der Waals surface area contributed by atoms with Gasteiger partial charge in [0.05, 0.1) is 6.04 Å². The number of amides is 3. The molecule has 0 aliphatic carbocycles. The first kappa shape index (κ1) is 29.8. The molecule has 0 spiro atoms. The third kappa shape index (κ3) is 9.18. The molecule has 4 atom stereocenters. The summed E-state index contributed by atoms with van der Waals surface area (Å²) in [5.74, 6) is -2.75. The van der Waals surface area contributed by atoms with Crippen molar-refractivity contribution in [3.8, 4) is 0 Å². The molecule has 37 heavy (non-hydrogen) atoms. The highest BCUT2D eigenvalue weighted by Crippen LogP contribution is 2.18. The number of para-hydroxylation sites is 1. The Hall–Kier alpha value is -3.44. The topological polar surface area (TPSA) is 192 Å². The van der Waals surface area contributed by atoms with Gasteiger partial charge in [0.15, 0.2) is 0 Å². The molecular formula is C26H40N6O5. The van der Waals surface area contributed by atoms with E-state index in [1.807, 2.05) is 44.3 Å². The summed E-state index contributed by atoms with van der Waals surface area (Å²) < 4.78 is 0. The van der Waals surface area contributed by atoms with Gasteiger partial charge in [-0.15, -0.1) is 0 Å². The van der Waals surface area contributed by atoms with Crippen molar-refractivity contribution in [3.63, 3.8) is 0 Å². The fraction of sp³-hybridized carbons (Fsp3) is 0.538. The van der Waals surface area contributed by atoms with Gasteiger partial charge in [0.25, 0.3) is 0 Å². The van der Waals surface area contributed by atoms with Gasteiger partial charge in [-0.1, -0.05) is 32.0 Å². The molecule has 2 rings (SSSR count). The second-order valence-corrected chi connectivity index (χ2v) is 9.77. The number of carbonyl (C=O) groups excluding carboxylic acids is 3. The third-order valence-corrected chi connectivity index (χ3v) is 6.11. The molecule has 0 radical (unpaired) electrons. The Morgan fingerprint density at radius 2 is 1.62 bits per heavy atom. The SMILES string of the molecule is CC(C)CC(NC(=O)C(CCCCN)NC(=O)C(C)NC(=O)C(N)Cc1c[nH]c2ccccc12)C(=O)O. The Balaban J connectivity index is 1.99.